The fourth-order valence-electron chi connectivity index (χ4n) is 2.08. The zero-order valence-electron chi connectivity index (χ0n) is 12.8. The maximum atomic E-state index is 12.6. The first-order valence-corrected chi connectivity index (χ1v) is 7.04. The first kappa shape index (κ1) is 15.3. The van der Waals surface area contributed by atoms with Gasteiger partial charge in [0, 0.05) is 19.8 Å². The summed E-state index contributed by atoms with van der Waals surface area (Å²) in [5.74, 6) is -0.0880. The highest BCUT2D eigenvalue weighted by Gasteiger charge is 2.28. The lowest BCUT2D eigenvalue weighted by molar-refractivity contribution is 0.0463. The van der Waals surface area contributed by atoms with E-state index in [0.29, 0.717) is 12.2 Å². The van der Waals surface area contributed by atoms with E-state index in [0.717, 1.165) is 5.56 Å². The molecule has 0 spiro atoms. The van der Waals surface area contributed by atoms with Crippen LogP contribution < -0.4 is 0 Å². The van der Waals surface area contributed by atoms with Gasteiger partial charge in [-0.1, -0.05) is 30.3 Å². The third kappa shape index (κ3) is 3.34. The molecular formula is C17H22N2O2. The standard InChI is InChI=1S/C17H22N2O2/c1-17(2,13-20)18(3)16(21)15-10-7-11-19(15)12-14-8-5-4-6-9-14/h4-11,20H,12-13H2,1-3H3. The number of rotatable bonds is 5. The van der Waals surface area contributed by atoms with Gasteiger partial charge in [0.25, 0.3) is 5.91 Å². The molecule has 0 fully saturated rings. The maximum absolute atomic E-state index is 12.6. The first-order chi connectivity index (χ1) is 9.95. The number of carbonyl (C=O) groups is 1. The van der Waals surface area contributed by atoms with Gasteiger partial charge in [-0.25, -0.2) is 0 Å². The number of nitrogens with zero attached hydrogens (tertiary/aromatic N) is 2. The molecule has 0 unspecified atom stereocenters. The minimum Gasteiger partial charge on any atom is -0.394 e. The summed E-state index contributed by atoms with van der Waals surface area (Å²) in [5, 5.41) is 9.41. The second-order valence-electron chi connectivity index (χ2n) is 5.84. The van der Waals surface area contributed by atoms with E-state index in [9.17, 15) is 9.90 Å². The number of carbonyl (C=O) groups excluding carboxylic acids is 1. The van der Waals surface area contributed by atoms with Gasteiger partial charge in [0.15, 0.2) is 0 Å². The second kappa shape index (κ2) is 6.14. The molecule has 4 nitrogen and oxygen atoms in total. The van der Waals surface area contributed by atoms with Crippen molar-refractivity contribution in [1.82, 2.24) is 9.47 Å². The van der Waals surface area contributed by atoms with Gasteiger partial charge >= 0.3 is 0 Å². The molecular weight excluding hydrogens is 264 g/mol. The second-order valence-corrected chi connectivity index (χ2v) is 5.84. The van der Waals surface area contributed by atoms with Crippen molar-refractivity contribution in [3.8, 4) is 0 Å². The van der Waals surface area contributed by atoms with Crippen molar-refractivity contribution in [3.05, 3.63) is 59.9 Å². The van der Waals surface area contributed by atoms with Crippen LogP contribution in [0.1, 0.15) is 29.9 Å². The zero-order chi connectivity index (χ0) is 15.5. The number of aliphatic hydroxyl groups excluding tert-OH is 1. The van der Waals surface area contributed by atoms with Crippen LogP contribution in [-0.2, 0) is 6.54 Å². The van der Waals surface area contributed by atoms with Gasteiger partial charge in [0.1, 0.15) is 5.69 Å². The molecule has 1 N–H and O–H groups in total. The van der Waals surface area contributed by atoms with Crippen LogP contribution >= 0.6 is 0 Å². The van der Waals surface area contributed by atoms with Gasteiger partial charge in [0.2, 0.25) is 0 Å². The third-order valence-electron chi connectivity index (χ3n) is 3.84. The summed E-state index contributed by atoms with van der Waals surface area (Å²) in [6, 6.07) is 13.7. The lowest BCUT2D eigenvalue weighted by atomic mass is 10.0. The molecule has 21 heavy (non-hydrogen) atoms. The van der Waals surface area contributed by atoms with Gasteiger partial charge in [-0.15, -0.1) is 0 Å². The predicted molar refractivity (Wildman–Crippen MR) is 83.2 cm³/mol. The summed E-state index contributed by atoms with van der Waals surface area (Å²) in [7, 11) is 1.72. The van der Waals surface area contributed by atoms with Gasteiger partial charge in [-0.05, 0) is 31.5 Å². The molecule has 0 saturated carbocycles. The van der Waals surface area contributed by atoms with Crippen molar-refractivity contribution in [2.24, 2.45) is 0 Å². The summed E-state index contributed by atoms with van der Waals surface area (Å²) >= 11 is 0. The van der Waals surface area contributed by atoms with Crippen molar-refractivity contribution >= 4 is 5.91 Å². The number of benzene rings is 1. The van der Waals surface area contributed by atoms with Gasteiger partial charge in [-0.3, -0.25) is 4.79 Å². The summed E-state index contributed by atoms with van der Waals surface area (Å²) in [5.41, 5.74) is 1.19. The molecule has 0 aliphatic carbocycles. The number of hydrogen-bond acceptors (Lipinski definition) is 2. The molecule has 0 saturated heterocycles. The number of hydrogen-bond donors (Lipinski definition) is 1. The Labute approximate surface area is 125 Å². The molecule has 0 aliphatic rings. The van der Waals surface area contributed by atoms with Crippen molar-refractivity contribution in [2.75, 3.05) is 13.7 Å². The molecule has 0 bridgehead atoms. The van der Waals surface area contributed by atoms with E-state index in [1.165, 1.54) is 0 Å². The van der Waals surface area contributed by atoms with Crippen LogP contribution in [0.5, 0.6) is 0 Å². The summed E-state index contributed by atoms with van der Waals surface area (Å²) in [6.45, 7) is 4.27. The molecule has 1 aromatic carbocycles. The topological polar surface area (TPSA) is 45.5 Å². The Bertz CT molecular complexity index is 602. The number of amides is 1. The minimum atomic E-state index is -0.584. The smallest absolute Gasteiger partial charge is 0.270 e. The molecule has 1 heterocycles. The van der Waals surface area contributed by atoms with Crippen molar-refractivity contribution < 1.29 is 9.90 Å². The van der Waals surface area contributed by atoms with E-state index in [-0.39, 0.29) is 12.5 Å². The lowest BCUT2D eigenvalue weighted by Crippen LogP contribution is -2.48. The average Bonchev–Trinajstić information content (AvgIpc) is 2.94. The van der Waals surface area contributed by atoms with Crippen LogP contribution in [0.2, 0.25) is 0 Å². The highest BCUT2D eigenvalue weighted by atomic mass is 16.3. The molecule has 4 heteroatoms. The van der Waals surface area contributed by atoms with E-state index in [1.807, 2.05) is 67.1 Å². The predicted octanol–water partition coefficient (Wildman–Crippen LogP) is 2.38. The largest absolute Gasteiger partial charge is 0.394 e. The Morgan fingerprint density at radius 1 is 1.19 bits per heavy atom. The molecule has 0 radical (unpaired) electrons. The number of likely N-dealkylation sites (N-methyl/N-ethyl adjacent to an activating group) is 1. The van der Waals surface area contributed by atoms with Crippen LogP contribution in [0.25, 0.3) is 0 Å². The van der Waals surface area contributed by atoms with E-state index in [4.69, 9.17) is 0 Å². The number of aliphatic hydroxyl groups is 1. The van der Waals surface area contributed by atoms with Crippen molar-refractivity contribution in [3.63, 3.8) is 0 Å². The van der Waals surface area contributed by atoms with E-state index in [1.54, 1.807) is 11.9 Å². The van der Waals surface area contributed by atoms with Gasteiger partial charge < -0.3 is 14.6 Å². The molecule has 112 valence electrons. The summed E-state index contributed by atoms with van der Waals surface area (Å²) in [4.78, 5) is 14.2. The van der Waals surface area contributed by atoms with Crippen molar-refractivity contribution in [1.29, 1.82) is 0 Å². The molecule has 2 rings (SSSR count). The molecule has 2 aromatic rings. The first-order valence-electron chi connectivity index (χ1n) is 7.04. The van der Waals surface area contributed by atoms with Gasteiger partial charge in [-0.2, -0.15) is 0 Å². The summed E-state index contributed by atoms with van der Waals surface area (Å²) < 4.78 is 1.93. The fraction of sp³-hybridized carbons (Fsp3) is 0.353. The quantitative estimate of drug-likeness (QED) is 0.917. The molecule has 1 aromatic heterocycles. The highest BCUT2D eigenvalue weighted by Crippen LogP contribution is 2.16. The van der Waals surface area contributed by atoms with E-state index < -0.39 is 5.54 Å². The van der Waals surface area contributed by atoms with E-state index in [2.05, 4.69) is 0 Å². The zero-order valence-corrected chi connectivity index (χ0v) is 12.8. The molecule has 0 aliphatic heterocycles. The third-order valence-corrected chi connectivity index (χ3v) is 3.84. The van der Waals surface area contributed by atoms with Crippen LogP contribution in [0.4, 0.5) is 0 Å². The van der Waals surface area contributed by atoms with Crippen molar-refractivity contribution in [2.45, 2.75) is 25.9 Å². The normalized spacial score (nSPS) is 11.4. The minimum absolute atomic E-state index is 0.0748. The number of aromatic nitrogens is 1. The Kier molecular flexibility index (Phi) is 4.48. The van der Waals surface area contributed by atoms with E-state index >= 15 is 0 Å². The Balaban J connectivity index is 2.22. The maximum Gasteiger partial charge on any atom is 0.270 e. The Morgan fingerprint density at radius 3 is 2.48 bits per heavy atom. The van der Waals surface area contributed by atoms with Crippen LogP contribution in [0.3, 0.4) is 0 Å². The van der Waals surface area contributed by atoms with Crippen LogP contribution in [0.15, 0.2) is 48.7 Å². The average molecular weight is 286 g/mol. The monoisotopic (exact) mass is 286 g/mol. The highest BCUT2D eigenvalue weighted by molar-refractivity contribution is 5.93. The Morgan fingerprint density at radius 2 is 1.86 bits per heavy atom. The molecule has 0 atom stereocenters. The fourth-order valence-corrected chi connectivity index (χ4v) is 2.08. The SMILES string of the molecule is CN(C(=O)c1cccn1Cc1ccccc1)C(C)(C)CO. The Hall–Kier alpha value is -2.07. The summed E-state index contributed by atoms with van der Waals surface area (Å²) in [6.07, 6.45) is 1.90. The van der Waals surface area contributed by atoms with Crippen LogP contribution in [0, 0.1) is 0 Å². The molecule has 1 amide bonds. The van der Waals surface area contributed by atoms with Crippen LogP contribution in [-0.4, -0.2) is 39.7 Å². The lowest BCUT2D eigenvalue weighted by Gasteiger charge is -2.34. The van der Waals surface area contributed by atoms with Gasteiger partial charge in [0.05, 0.1) is 12.1 Å².